The zero-order valence-electron chi connectivity index (χ0n) is 11.0. The number of hydrogen-bond acceptors (Lipinski definition) is 3. The largest absolute Gasteiger partial charge is 0.375 e. The quantitative estimate of drug-likeness (QED) is 0.797. The SMILES string of the molecule is CNC(C#N)(COC1CCC(C)CC1)C1CC1. The van der Waals surface area contributed by atoms with Crippen LogP contribution in [0.2, 0.25) is 0 Å². The number of nitrogens with one attached hydrogen (secondary N) is 1. The van der Waals surface area contributed by atoms with Gasteiger partial charge in [-0.2, -0.15) is 5.26 Å². The number of rotatable bonds is 5. The monoisotopic (exact) mass is 236 g/mol. The molecule has 0 radical (unpaired) electrons. The van der Waals surface area contributed by atoms with Crippen molar-refractivity contribution in [1.29, 1.82) is 5.26 Å². The van der Waals surface area contributed by atoms with Gasteiger partial charge in [0, 0.05) is 0 Å². The topological polar surface area (TPSA) is 45.0 Å². The fourth-order valence-corrected chi connectivity index (χ4v) is 2.80. The second-order valence-electron chi connectivity index (χ2n) is 5.80. The molecule has 0 amide bonds. The van der Waals surface area contributed by atoms with E-state index < -0.39 is 5.54 Å². The summed E-state index contributed by atoms with van der Waals surface area (Å²) in [6.07, 6.45) is 7.58. The highest BCUT2D eigenvalue weighted by atomic mass is 16.5. The minimum absolute atomic E-state index is 0.381. The van der Waals surface area contributed by atoms with Crippen molar-refractivity contribution in [1.82, 2.24) is 5.32 Å². The highest BCUT2D eigenvalue weighted by Gasteiger charge is 2.45. The van der Waals surface area contributed by atoms with Crippen molar-refractivity contribution in [2.24, 2.45) is 11.8 Å². The molecule has 0 saturated heterocycles. The lowest BCUT2D eigenvalue weighted by Crippen LogP contribution is -2.49. The number of nitriles is 1. The average Bonchev–Trinajstić information content (AvgIpc) is 3.18. The summed E-state index contributed by atoms with van der Waals surface area (Å²) in [5.41, 5.74) is -0.428. The van der Waals surface area contributed by atoms with E-state index in [0.29, 0.717) is 18.6 Å². The molecule has 0 heterocycles. The zero-order valence-corrected chi connectivity index (χ0v) is 11.0. The molecule has 2 saturated carbocycles. The smallest absolute Gasteiger partial charge is 0.132 e. The number of hydrogen-bond donors (Lipinski definition) is 1. The Labute approximate surface area is 105 Å². The summed E-state index contributed by atoms with van der Waals surface area (Å²) >= 11 is 0. The Morgan fingerprint density at radius 3 is 2.35 bits per heavy atom. The molecule has 2 aliphatic carbocycles. The van der Waals surface area contributed by atoms with Gasteiger partial charge in [-0.3, -0.25) is 0 Å². The lowest BCUT2D eigenvalue weighted by molar-refractivity contribution is -0.00650. The second kappa shape index (κ2) is 5.37. The first kappa shape index (κ1) is 12.9. The first-order valence-corrected chi connectivity index (χ1v) is 6.92. The summed E-state index contributed by atoms with van der Waals surface area (Å²) in [6, 6.07) is 2.44. The maximum atomic E-state index is 9.37. The minimum Gasteiger partial charge on any atom is -0.375 e. The van der Waals surface area contributed by atoms with Crippen LogP contribution in [0.1, 0.15) is 45.4 Å². The van der Waals surface area contributed by atoms with Gasteiger partial charge in [0.25, 0.3) is 0 Å². The molecule has 0 aliphatic heterocycles. The Kier molecular flexibility index (Phi) is 4.06. The van der Waals surface area contributed by atoms with Crippen LogP contribution < -0.4 is 5.32 Å². The predicted molar refractivity (Wildman–Crippen MR) is 67.5 cm³/mol. The van der Waals surface area contributed by atoms with Gasteiger partial charge in [0.05, 0.1) is 18.8 Å². The fraction of sp³-hybridized carbons (Fsp3) is 0.929. The molecular weight excluding hydrogens is 212 g/mol. The molecule has 2 fully saturated rings. The van der Waals surface area contributed by atoms with Gasteiger partial charge in [-0.05, 0) is 57.4 Å². The van der Waals surface area contributed by atoms with E-state index in [0.717, 1.165) is 18.8 Å². The molecule has 1 atom stereocenters. The summed E-state index contributed by atoms with van der Waals surface area (Å²) in [4.78, 5) is 0. The Bertz CT molecular complexity index is 287. The summed E-state index contributed by atoms with van der Waals surface area (Å²) in [5.74, 6) is 1.35. The van der Waals surface area contributed by atoms with Gasteiger partial charge < -0.3 is 10.1 Å². The lowest BCUT2D eigenvalue weighted by atomic mass is 9.88. The van der Waals surface area contributed by atoms with E-state index in [9.17, 15) is 5.26 Å². The van der Waals surface area contributed by atoms with E-state index in [1.807, 2.05) is 7.05 Å². The Balaban J connectivity index is 1.81. The Hall–Kier alpha value is -0.590. The molecule has 0 aromatic rings. The van der Waals surface area contributed by atoms with Gasteiger partial charge >= 0.3 is 0 Å². The van der Waals surface area contributed by atoms with Crippen molar-refractivity contribution in [2.45, 2.75) is 57.1 Å². The summed E-state index contributed by atoms with van der Waals surface area (Å²) < 4.78 is 5.99. The van der Waals surface area contributed by atoms with Crippen LogP contribution in [-0.4, -0.2) is 25.3 Å². The molecule has 1 N–H and O–H groups in total. The molecule has 1 unspecified atom stereocenters. The van der Waals surface area contributed by atoms with Crippen molar-refractivity contribution in [3.63, 3.8) is 0 Å². The third-order valence-corrected chi connectivity index (χ3v) is 4.43. The lowest BCUT2D eigenvalue weighted by Gasteiger charge is -2.31. The molecule has 0 spiro atoms. The van der Waals surface area contributed by atoms with Crippen LogP contribution >= 0.6 is 0 Å². The summed E-state index contributed by atoms with van der Waals surface area (Å²) in [7, 11) is 1.88. The van der Waals surface area contributed by atoms with Crippen molar-refractivity contribution < 1.29 is 4.74 Å². The standard InChI is InChI=1S/C14H24N2O/c1-11-3-7-13(8-4-11)17-10-14(9-15,16-2)12-5-6-12/h11-13,16H,3-8,10H2,1-2H3. The van der Waals surface area contributed by atoms with Crippen molar-refractivity contribution in [3.05, 3.63) is 0 Å². The highest BCUT2D eigenvalue weighted by molar-refractivity contribution is 5.15. The van der Waals surface area contributed by atoms with E-state index in [2.05, 4.69) is 18.3 Å². The molecule has 3 heteroatoms. The van der Waals surface area contributed by atoms with Crippen LogP contribution in [0.5, 0.6) is 0 Å². The Morgan fingerprint density at radius 2 is 1.88 bits per heavy atom. The van der Waals surface area contributed by atoms with Gasteiger partial charge in [-0.25, -0.2) is 0 Å². The maximum Gasteiger partial charge on any atom is 0.132 e. The van der Waals surface area contributed by atoms with Crippen LogP contribution in [-0.2, 0) is 4.74 Å². The van der Waals surface area contributed by atoms with Gasteiger partial charge in [0.15, 0.2) is 0 Å². The first-order valence-electron chi connectivity index (χ1n) is 6.92. The van der Waals surface area contributed by atoms with Crippen LogP contribution in [0.15, 0.2) is 0 Å². The third kappa shape index (κ3) is 3.00. The summed E-state index contributed by atoms with van der Waals surface area (Å²) in [6.45, 7) is 2.87. The molecule has 0 bridgehead atoms. The summed E-state index contributed by atoms with van der Waals surface area (Å²) in [5, 5.41) is 12.6. The maximum absolute atomic E-state index is 9.37. The van der Waals surface area contributed by atoms with Gasteiger partial charge in [-0.15, -0.1) is 0 Å². The third-order valence-electron chi connectivity index (χ3n) is 4.43. The van der Waals surface area contributed by atoms with Gasteiger partial charge in [0.1, 0.15) is 5.54 Å². The number of ether oxygens (including phenoxy) is 1. The molecular formula is C14H24N2O. The van der Waals surface area contributed by atoms with E-state index >= 15 is 0 Å². The number of likely N-dealkylation sites (N-methyl/N-ethyl adjacent to an activating group) is 1. The van der Waals surface area contributed by atoms with Crippen molar-refractivity contribution >= 4 is 0 Å². The van der Waals surface area contributed by atoms with Gasteiger partial charge in [-0.1, -0.05) is 6.92 Å². The van der Waals surface area contributed by atoms with E-state index in [1.165, 1.54) is 25.7 Å². The fourth-order valence-electron chi connectivity index (χ4n) is 2.80. The number of nitrogens with zero attached hydrogens (tertiary/aromatic N) is 1. The van der Waals surface area contributed by atoms with Crippen molar-refractivity contribution in [2.75, 3.05) is 13.7 Å². The normalized spacial score (nSPS) is 32.8. The molecule has 0 aromatic carbocycles. The first-order chi connectivity index (χ1) is 8.20. The molecule has 3 nitrogen and oxygen atoms in total. The molecule has 17 heavy (non-hydrogen) atoms. The van der Waals surface area contributed by atoms with Crippen molar-refractivity contribution in [3.8, 4) is 6.07 Å². The zero-order chi connectivity index (χ0) is 12.3. The van der Waals surface area contributed by atoms with E-state index in [1.54, 1.807) is 0 Å². The van der Waals surface area contributed by atoms with E-state index in [-0.39, 0.29) is 0 Å². The van der Waals surface area contributed by atoms with Crippen LogP contribution in [0.4, 0.5) is 0 Å². The highest BCUT2D eigenvalue weighted by Crippen LogP contribution is 2.40. The van der Waals surface area contributed by atoms with Crippen LogP contribution in [0.3, 0.4) is 0 Å². The average molecular weight is 236 g/mol. The second-order valence-corrected chi connectivity index (χ2v) is 5.80. The van der Waals surface area contributed by atoms with Crippen LogP contribution in [0.25, 0.3) is 0 Å². The minimum atomic E-state index is -0.428. The van der Waals surface area contributed by atoms with Gasteiger partial charge in [0.2, 0.25) is 0 Å². The Morgan fingerprint density at radius 1 is 1.24 bits per heavy atom. The molecule has 96 valence electrons. The predicted octanol–water partition coefficient (Wildman–Crippen LogP) is 2.47. The van der Waals surface area contributed by atoms with Crippen LogP contribution in [0, 0.1) is 23.2 Å². The molecule has 2 aliphatic rings. The van der Waals surface area contributed by atoms with E-state index in [4.69, 9.17) is 4.74 Å². The molecule has 0 aromatic heterocycles. The molecule has 2 rings (SSSR count).